The summed E-state index contributed by atoms with van der Waals surface area (Å²) < 4.78 is 16.1. The number of hydrogen-bond donors (Lipinski definition) is 4. The third-order valence-electron chi connectivity index (χ3n) is 7.69. The van der Waals surface area contributed by atoms with Gasteiger partial charge in [-0.25, -0.2) is 9.78 Å². The average Bonchev–Trinajstić information content (AvgIpc) is 3.63. The molecule has 0 saturated carbocycles. The summed E-state index contributed by atoms with van der Waals surface area (Å²) in [5, 5.41) is 18.8. The number of nitrogens with one attached hydrogen (secondary N) is 3. The quantitative estimate of drug-likeness (QED) is 0.191. The fraction of sp³-hybridized carbons (Fsp3) is 0.629. The van der Waals surface area contributed by atoms with Crippen LogP contribution in [0.15, 0.2) is 29.8 Å². The van der Waals surface area contributed by atoms with E-state index in [1.807, 2.05) is 57.5 Å². The molecule has 1 aromatic heterocycles. The van der Waals surface area contributed by atoms with Crippen LogP contribution in [0.5, 0.6) is 0 Å². The number of nitrogens with zero attached hydrogens (tertiary/aromatic N) is 2. The smallest absolute Gasteiger partial charge is 0.407 e. The van der Waals surface area contributed by atoms with Gasteiger partial charge in [-0.3, -0.25) is 14.4 Å². The van der Waals surface area contributed by atoms with Crippen LogP contribution in [0.4, 0.5) is 4.79 Å². The zero-order valence-corrected chi connectivity index (χ0v) is 30.6. The van der Waals surface area contributed by atoms with E-state index in [9.17, 15) is 24.3 Å². The van der Waals surface area contributed by atoms with Crippen LogP contribution >= 0.6 is 11.3 Å². The van der Waals surface area contributed by atoms with E-state index in [-0.39, 0.29) is 37.7 Å². The predicted octanol–water partition coefficient (Wildman–Crippen LogP) is 3.57. The molecular weight excluding hydrogens is 650 g/mol. The number of thiazole rings is 1. The summed E-state index contributed by atoms with van der Waals surface area (Å²) in [7, 11) is 0. The molecule has 0 bridgehead atoms. The number of aliphatic hydroxyl groups is 1. The molecule has 1 aromatic carbocycles. The van der Waals surface area contributed by atoms with Crippen LogP contribution in [-0.2, 0) is 35.1 Å². The lowest BCUT2D eigenvalue weighted by Crippen LogP contribution is -2.57. The lowest BCUT2D eigenvalue weighted by molar-refractivity contribution is -0.144. The maximum absolute atomic E-state index is 13.8. The van der Waals surface area contributed by atoms with E-state index < -0.39 is 41.2 Å². The van der Waals surface area contributed by atoms with E-state index in [4.69, 9.17) is 14.2 Å². The summed E-state index contributed by atoms with van der Waals surface area (Å²) in [6, 6.07) is 6.12. The Hall–Kier alpha value is -3.59. The molecule has 0 spiro atoms. The van der Waals surface area contributed by atoms with Crippen molar-refractivity contribution in [1.29, 1.82) is 0 Å². The highest BCUT2D eigenvalue weighted by molar-refractivity contribution is 7.13. The number of aliphatic hydroxyl groups excluding tert-OH is 1. The average molecular weight is 704 g/mol. The molecule has 2 heterocycles. The maximum Gasteiger partial charge on any atom is 0.407 e. The summed E-state index contributed by atoms with van der Waals surface area (Å²) in [6.45, 7) is 14.8. The molecule has 14 heteroatoms. The molecule has 3 rings (SSSR count). The minimum Gasteiger partial charge on any atom is -0.444 e. The lowest BCUT2D eigenvalue weighted by Gasteiger charge is -2.35. The van der Waals surface area contributed by atoms with Gasteiger partial charge in [0.2, 0.25) is 17.7 Å². The van der Waals surface area contributed by atoms with Gasteiger partial charge >= 0.3 is 6.09 Å². The van der Waals surface area contributed by atoms with Crippen molar-refractivity contribution in [2.24, 2.45) is 5.41 Å². The zero-order chi connectivity index (χ0) is 36.2. The molecule has 1 aliphatic rings. The first-order valence-corrected chi connectivity index (χ1v) is 17.6. The number of ether oxygens (including phenoxy) is 3. The zero-order valence-electron chi connectivity index (χ0n) is 29.8. The predicted molar refractivity (Wildman–Crippen MR) is 187 cm³/mol. The second kappa shape index (κ2) is 18.4. The van der Waals surface area contributed by atoms with Gasteiger partial charge in [-0.05, 0) is 50.7 Å². The summed E-state index contributed by atoms with van der Waals surface area (Å²) >= 11 is 1.57. The Bertz CT molecular complexity index is 1390. The third-order valence-corrected chi connectivity index (χ3v) is 8.67. The highest BCUT2D eigenvalue weighted by atomic mass is 32.1. The van der Waals surface area contributed by atoms with Crippen molar-refractivity contribution >= 4 is 35.2 Å². The Morgan fingerprint density at radius 3 is 2.29 bits per heavy atom. The van der Waals surface area contributed by atoms with Gasteiger partial charge in [0.05, 0.1) is 42.0 Å². The molecule has 4 amide bonds. The summed E-state index contributed by atoms with van der Waals surface area (Å²) in [4.78, 5) is 58.4. The van der Waals surface area contributed by atoms with Crippen LogP contribution in [0, 0.1) is 12.3 Å². The Balaban J connectivity index is 1.41. The van der Waals surface area contributed by atoms with Crippen molar-refractivity contribution in [3.63, 3.8) is 0 Å². The van der Waals surface area contributed by atoms with Crippen molar-refractivity contribution in [2.45, 2.75) is 98.1 Å². The van der Waals surface area contributed by atoms with E-state index in [0.717, 1.165) is 21.7 Å². The van der Waals surface area contributed by atoms with Crippen molar-refractivity contribution in [2.75, 3.05) is 39.5 Å². The fourth-order valence-electron chi connectivity index (χ4n) is 5.21. The Labute approximate surface area is 293 Å². The van der Waals surface area contributed by atoms with Crippen LogP contribution < -0.4 is 16.0 Å². The number of carbonyl (C=O) groups excluding carboxylic acids is 4. The van der Waals surface area contributed by atoms with Gasteiger partial charge in [-0.2, -0.15) is 0 Å². The third kappa shape index (κ3) is 13.3. The van der Waals surface area contributed by atoms with Crippen molar-refractivity contribution < 1.29 is 38.5 Å². The van der Waals surface area contributed by atoms with E-state index in [2.05, 4.69) is 20.9 Å². The number of aryl methyl sites for hydroxylation is 1. The van der Waals surface area contributed by atoms with Crippen LogP contribution in [-0.4, -0.2) is 102 Å². The number of aromatic nitrogens is 1. The first-order valence-electron chi connectivity index (χ1n) is 16.7. The first kappa shape index (κ1) is 39.8. The van der Waals surface area contributed by atoms with Crippen molar-refractivity contribution in [3.05, 3.63) is 41.0 Å². The highest BCUT2D eigenvalue weighted by Gasteiger charge is 2.44. The van der Waals surface area contributed by atoms with Gasteiger partial charge in [-0.1, -0.05) is 45.0 Å². The number of rotatable bonds is 16. The van der Waals surface area contributed by atoms with Crippen molar-refractivity contribution in [1.82, 2.24) is 25.8 Å². The van der Waals surface area contributed by atoms with Crippen LogP contribution in [0.1, 0.15) is 72.1 Å². The second-order valence-electron chi connectivity index (χ2n) is 14.2. The Morgan fingerprint density at radius 2 is 1.67 bits per heavy atom. The normalized spacial score (nSPS) is 17.0. The standard InChI is InChI=1S/C35H53N5O8S/c1-23-29(49-22-38-23)25-12-10-24(11-13-25)20-37-31(43)27-19-26(41)21-40(27)32(44)30(34(2,3)4)39-28(42)9-8-15-46-17-18-47-16-14-36-33(45)48-35(5,6)7/h10-13,22,26-27,30,41H,8-9,14-21H2,1-7H3,(H,36,45)(H,37,43)(H,39,42)/t26-,27+,30-/m1/s1. The largest absolute Gasteiger partial charge is 0.444 e. The Kier molecular flexibility index (Phi) is 15.0. The molecule has 0 unspecified atom stereocenters. The van der Waals surface area contributed by atoms with Gasteiger partial charge < -0.3 is 40.2 Å². The fourth-order valence-corrected chi connectivity index (χ4v) is 6.02. The number of amides is 4. The molecule has 1 fully saturated rings. The molecule has 49 heavy (non-hydrogen) atoms. The lowest BCUT2D eigenvalue weighted by atomic mass is 9.85. The van der Waals surface area contributed by atoms with Gasteiger partial charge in [0, 0.05) is 39.1 Å². The monoisotopic (exact) mass is 703 g/mol. The van der Waals surface area contributed by atoms with Gasteiger partial charge in [0.15, 0.2) is 0 Å². The second-order valence-corrected chi connectivity index (χ2v) is 15.1. The molecule has 0 aliphatic carbocycles. The molecule has 1 aliphatic heterocycles. The van der Waals surface area contributed by atoms with Gasteiger partial charge in [0.25, 0.3) is 0 Å². The van der Waals surface area contributed by atoms with E-state index in [1.165, 1.54) is 4.90 Å². The highest BCUT2D eigenvalue weighted by Crippen LogP contribution is 2.28. The summed E-state index contributed by atoms with van der Waals surface area (Å²) in [5.74, 6) is -1.07. The molecule has 13 nitrogen and oxygen atoms in total. The molecule has 2 aromatic rings. The first-order chi connectivity index (χ1) is 23.0. The SMILES string of the molecule is Cc1ncsc1-c1ccc(CNC(=O)[C@@H]2C[C@@H](O)CN2C(=O)[C@@H](NC(=O)CCCOCCOCCNC(=O)OC(C)(C)C)C(C)(C)C)cc1. The number of likely N-dealkylation sites (tertiary alicyclic amines) is 1. The number of benzene rings is 1. The van der Waals surface area contributed by atoms with E-state index >= 15 is 0 Å². The molecule has 4 N–H and O–H groups in total. The van der Waals surface area contributed by atoms with Crippen LogP contribution in [0.2, 0.25) is 0 Å². The molecular formula is C35H53N5O8S. The van der Waals surface area contributed by atoms with Crippen LogP contribution in [0.25, 0.3) is 10.4 Å². The number of β-amino-alcohol motifs (C(OH)–C–C–N with tert-alkyl or cyclic N) is 1. The number of carbonyl (C=O) groups is 4. The number of hydrogen-bond acceptors (Lipinski definition) is 10. The maximum atomic E-state index is 13.8. The van der Waals surface area contributed by atoms with Crippen molar-refractivity contribution in [3.8, 4) is 10.4 Å². The van der Waals surface area contributed by atoms with Crippen LogP contribution in [0.3, 0.4) is 0 Å². The molecule has 0 radical (unpaired) electrons. The van der Waals surface area contributed by atoms with Gasteiger partial charge in [-0.15, -0.1) is 11.3 Å². The molecule has 272 valence electrons. The van der Waals surface area contributed by atoms with Gasteiger partial charge in [0.1, 0.15) is 17.7 Å². The number of alkyl carbamates (subject to hydrolysis) is 1. The molecule has 3 atom stereocenters. The summed E-state index contributed by atoms with van der Waals surface area (Å²) in [5.41, 5.74) is 3.53. The topological polar surface area (TPSA) is 168 Å². The molecule has 1 saturated heterocycles. The minimum absolute atomic E-state index is 0.00917. The van der Waals surface area contributed by atoms with E-state index in [1.54, 1.807) is 32.1 Å². The summed E-state index contributed by atoms with van der Waals surface area (Å²) in [6.07, 6.45) is -0.641. The van der Waals surface area contributed by atoms with E-state index in [0.29, 0.717) is 39.4 Å². The minimum atomic E-state index is -0.896. The Morgan fingerprint density at radius 1 is 1.00 bits per heavy atom.